The Bertz CT molecular complexity index is 544. The Morgan fingerprint density at radius 3 is 2.62 bits per heavy atom. The molecule has 1 aromatic rings. The van der Waals surface area contributed by atoms with Crippen molar-refractivity contribution < 1.29 is 9.72 Å². The zero-order chi connectivity index (χ0) is 15.4. The minimum absolute atomic E-state index is 0.0161. The van der Waals surface area contributed by atoms with Gasteiger partial charge in [-0.3, -0.25) is 14.9 Å². The van der Waals surface area contributed by atoms with Gasteiger partial charge in [0, 0.05) is 35.4 Å². The molecule has 1 fully saturated rings. The van der Waals surface area contributed by atoms with E-state index in [1.807, 2.05) is 11.8 Å². The van der Waals surface area contributed by atoms with E-state index in [1.165, 1.54) is 18.6 Å². The third-order valence-corrected chi connectivity index (χ3v) is 4.23. The fraction of sp³-hybridized carbons (Fsp3) is 0.500. The van der Waals surface area contributed by atoms with Gasteiger partial charge in [-0.15, -0.1) is 0 Å². The van der Waals surface area contributed by atoms with Crippen molar-refractivity contribution in [2.75, 3.05) is 18.4 Å². The highest BCUT2D eigenvalue weighted by Gasteiger charge is 2.22. The van der Waals surface area contributed by atoms with Crippen LogP contribution in [-0.4, -0.2) is 34.9 Å². The number of nitrogens with zero attached hydrogens (tertiary/aromatic N) is 2. The predicted molar refractivity (Wildman–Crippen MR) is 84.3 cm³/mol. The van der Waals surface area contributed by atoms with Crippen LogP contribution >= 0.6 is 15.9 Å². The van der Waals surface area contributed by atoms with Crippen LogP contribution in [0.2, 0.25) is 0 Å². The Morgan fingerprint density at radius 1 is 1.38 bits per heavy atom. The van der Waals surface area contributed by atoms with Crippen molar-refractivity contribution in [1.82, 2.24) is 4.90 Å². The molecule has 1 atom stereocenters. The molecule has 1 N–H and O–H groups in total. The molecule has 0 radical (unpaired) electrons. The van der Waals surface area contributed by atoms with E-state index in [0.29, 0.717) is 10.2 Å². The molecule has 2 rings (SSSR count). The van der Waals surface area contributed by atoms with E-state index < -0.39 is 4.92 Å². The number of amides is 1. The van der Waals surface area contributed by atoms with Gasteiger partial charge in [-0.1, -0.05) is 0 Å². The molecule has 0 spiro atoms. The first-order valence-electron chi connectivity index (χ1n) is 6.98. The molecule has 7 heteroatoms. The fourth-order valence-electron chi connectivity index (χ4n) is 2.42. The van der Waals surface area contributed by atoms with Crippen LogP contribution in [0.4, 0.5) is 11.4 Å². The maximum Gasteiger partial charge on any atom is 0.270 e. The van der Waals surface area contributed by atoms with Crippen molar-refractivity contribution >= 4 is 33.2 Å². The summed E-state index contributed by atoms with van der Waals surface area (Å²) in [5.74, 6) is 0.0694. The number of nitro groups is 1. The highest BCUT2D eigenvalue weighted by atomic mass is 79.9. The number of hydrogen-bond acceptors (Lipinski definition) is 4. The van der Waals surface area contributed by atoms with Crippen LogP contribution in [0.15, 0.2) is 22.7 Å². The van der Waals surface area contributed by atoms with Gasteiger partial charge in [-0.05, 0) is 48.2 Å². The summed E-state index contributed by atoms with van der Waals surface area (Å²) in [6, 6.07) is 4.11. The standard InChI is InChI=1S/C14H18BrN3O3/c1-10(14(19)17-7-3-2-4-8-17)16-13-6-5-11(18(20)21)9-12(13)15/h5-6,9-10,16H,2-4,7-8H2,1H3. The molecule has 0 bridgehead atoms. The average molecular weight is 356 g/mol. The molecule has 1 heterocycles. The van der Waals surface area contributed by atoms with Crippen LogP contribution in [-0.2, 0) is 4.79 Å². The summed E-state index contributed by atoms with van der Waals surface area (Å²) in [5, 5.41) is 13.8. The van der Waals surface area contributed by atoms with Gasteiger partial charge < -0.3 is 10.2 Å². The SMILES string of the molecule is CC(Nc1ccc([N+](=O)[O-])cc1Br)C(=O)N1CCCCC1. The van der Waals surface area contributed by atoms with E-state index in [9.17, 15) is 14.9 Å². The number of carbonyl (C=O) groups excluding carboxylic acids is 1. The number of likely N-dealkylation sites (tertiary alicyclic amines) is 1. The summed E-state index contributed by atoms with van der Waals surface area (Å²) in [5.41, 5.74) is 0.695. The second-order valence-electron chi connectivity index (χ2n) is 5.17. The molecule has 1 aliphatic rings. The van der Waals surface area contributed by atoms with Crippen LogP contribution in [0.1, 0.15) is 26.2 Å². The Kier molecular flexibility index (Phi) is 5.17. The molecule has 0 saturated carbocycles. The first kappa shape index (κ1) is 15.8. The fourth-order valence-corrected chi connectivity index (χ4v) is 2.90. The second kappa shape index (κ2) is 6.89. The van der Waals surface area contributed by atoms with E-state index in [4.69, 9.17) is 0 Å². The number of non-ortho nitro benzene ring substituents is 1. The minimum Gasteiger partial charge on any atom is -0.373 e. The smallest absolute Gasteiger partial charge is 0.270 e. The van der Waals surface area contributed by atoms with Crippen molar-refractivity contribution in [2.45, 2.75) is 32.2 Å². The van der Waals surface area contributed by atoms with Crippen molar-refractivity contribution in [3.05, 3.63) is 32.8 Å². The lowest BCUT2D eigenvalue weighted by Gasteiger charge is -2.29. The summed E-state index contributed by atoms with van der Waals surface area (Å²) in [6.45, 7) is 3.43. The number of nitrogens with one attached hydrogen (secondary N) is 1. The summed E-state index contributed by atoms with van der Waals surface area (Å²) in [7, 11) is 0. The molecule has 1 amide bonds. The van der Waals surface area contributed by atoms with Crippen LogP contribution in [0, 0.1) is 10.1 Å². The van der Waals surface area contributed by atoms with E-state index >= 15 is 0 Å². The number of carbonyl (C=O) groups is 1. The molecule has 1 saturated heterocycles. The van der Waals surface area contributed by atoms with Crippen LogP contribution in [0.3, 0.4) is 0 Å². The molecule has 1 unspecified atom stereocenters. The third-order valence-electron chi connectivity index (χ3n) is 3.57. The van der Waals surface area contributed by atoms with E-state index in [-0.39, 0.29) is 17.6 Å². The zero-order valence-electron chi connectivity index (χ0n) is 11.8. The molecule has 1 aromatic carbocycles. The van der Waals surface area contributed by atoms with Crippen LogP contribution < -0.4 is 5.32 Å². The molecule has 0 aromatic heterocycles. The number of hydrogen-bond donors (Lipinski definition) is 1. The summed E-state index contributed by atoms with van der Waals surface area (Å²) in [6.07, 6.45) is 3.29. The quantitative estimate of drug-likeness (QED) is 0.664. The summed E-state index contributed by atoms with van der Waals surface area (Å²) < 4.78 is 0.579. The molecule has 21 heavy (non-hydrogen) atoms. The predicted octanol–water partition coefficient (Wildman–Crippen LogP) is 3.17. The monoisotopic (exact) mass is 355 g/mol. The second-order valence-corrected chi connectivity index (χ2v) is 6.03. The van der Waals surface area contributed by atoms with Gasteiger partial charge in [-0.2, -0.15) is 0 Å². The number of benzene rings is 1. The Hall–Kier alpha value is -1.63. The molecule has 6 nitrogen and oxygen atoms in total. The molecule has 114 valence electrons. The van der Waals surface area contributed by atoms with Crippen LogP contribution in [0.5, 0.6) is 0 Å². The summed E-state index contributed by atoms with van der Waals surface area (Å²) >= 11 is 3.30. The first-order valence-corrected chi connectivity index (χ1v) is 7.77. The van der Waals surface area contributed by atoms with Crippen molar-refractivity contribution in [2.24, 2.45) is 0 Å². The van der Waals surface area contributed by atoms with Crippen molar-refractivity contribution in [1.29, 1.82) is 0 Å². The molecular formula is C14H18BrN3O3. The highest BCUT2D eigenvalue weighted by Crippen LogP contribution is 2.27. The topological polar surface area (TPSA) is 75.5 Å². The highest BCUT2D eigenvalue weighted by molar-refractivity contribution is 9.10. The van der Waals surface area contributed by atoms with Crippen LogP contribution in [0.25, 0.3) is 0 Å². The van der Waals surface area contributed by atoms with E-state index in [2.05, 4.69) is 21.2 Å². The van der Waals surface area contributed by atoms with Gasteiger partial charge in [0.15, 0.2) is 0 Å². The number of anilines is 1. The maximum atomic E-state index is 12.3. The number of rotatable bonds is 4. The number of piperidine rings is 1. The molecular weight excluding hydrogens is 338 g/mol. The van der Waals surface area contributed by atoms with Gasteiger partial charge in [0.1, 0.15) is 6.04 Å². The van der Waals surface area contributed by atoms with E-state index in [0.717, 1.165) is 25.9 Å². The first-order chi connectivity index (χ1) is 9.99. The van der Waals surface area contributed by atoms with Gasteiger partial charge in [-0.25, -0.2) is 0 Å². The Labute approximate surface area is 131 Å². The van der Waals surface area contributed by atoms with Gasteiger partial charge in [0.25, 0.3) is 5.69 Å². The lowest BCUT2D eigenvalue weighted by atomic mass is 10.1. The number of halogens is 1. The lowest BCUT2D eigenvalue weighted by Crippen LogP contribution is -2.43. The number of nitro benzene ring substituents is 1. The largest absolute Gasteiger partial charge is 0.373 e. The average Bonchev–Trinajstić information content (AvgIpc) is 2.49. The summed E-state index contributed by atoms with van der Waals surface area (Å²) in [4.78, 5) is 24.5. The zero-order valence-corrected chi connectivity index (χ0v) is 13.4. The third kappa shape index (κ3) is 3.93. The maximum absolute atomic E-state index is 12.3. The van der Waals surface area contributed by atoms with Crippen molar-refractivity contribution in [3.8, 4) is 0 Å². The van der Waals surface area contributed by atoms with Gasteiger partial charge in [0.2, 0.25) is 5.91 Å². The van der Waals surface area contributed by atoms with Crippen molar-refractivity contribution in [3.63, 3.8) is 0 Å². The molecule has 1 aliphatic heterocycles. The van der Waals surface area contributed by atoms with E-state index in [1.54, 1.807) is 6.07 Å². The van der Waals surface area contributed by atoms with Gasteiger partial charge in [0.05, 0.1) is 4.92 Å². The lowest BCUT2D eigenvalue weighted by molar-refractivity contribution is -0.384. The Morgan fingerprint density at radius 2 is 2.05 bits per heavy atom. The normalized spacial score (nSPS) is 16.4. The Balaban J connectivity index is 2.03. The molecule has 0 aliphatic carbocycles. The van der Waals surface area contributed by atoms with Gasteiger partial charge >= 0.3 is 0 Å². The minimum atomic E-state index is -0.448.